The fourth-order valence-corrected chi connectivity index (χ4v) is 3.43. The zero-order valence-corrected chi connectivity index (χ0v) is 18.6. The van der Waals surface area contributed by atoms with Crippen molar-refractivity contribution in [2.75, 3.05) is 18.4 Å². The molecule has 2 aromatic carbocycles. The van der Waals surface area contributed by atoms with Crippen LogP contribution in [0.4, 0.5) is 10.5 Å². The molecule has 7 heteroatoms. The molecular formula is C24H24BrN3O3. The number of anilines is 1. The third-order valence-electron chi connectivity index (χ3n) is 4.53. The lowest BCUT2D eigenvalue weighted by molar-refractivity contribution is -0.133. The van der Waals surface area contributed by atoms with E-state index < -0.39 is 0 Å². The summed E-state index contributed by atoms with van der Waals surface area (Å²) < 4.78 is 6.29. The Kier molecular flexibility index (Phi) is 8.06. The van der Waals surface area contributed by atoms with Crippen molar-refractivity contribution >= 4 is 33.6 Å². The molecule has 1 heterocycles. The molecule has 3 aromatic rings. The summed E-state index contributed by atoms with van der Waals surface area (Å²) in [5.41, 5.74) is 1.63. The molecule has 0 aliphatic carbocycles. The number of rotatable bonds is 9. The number of nitrogens with zero attached hydrogens (tertiary/aromatic N) is 2. The largest absolute Gasteiger partial charge is 0.467 e. The van der Waals surface area contributed by atoms with Crippen LogP contribution >= 0.6 is 15.9 Å². The van der Waals surface area contributed by atoms with Crippen molar-refractivity contribution in [1.82, 2.24) is 9.80 Å². The number of carbonyl (C=O) groups excluding carboxylic acids is 2. The summed E-state index contributed by atoms with van der Waals surface area (Å²) in [6.45, 7) is 4.60. The van der Waals surface area contributed by atoms with Crippen LogP contribution in [0.25, 0.3) is 0 Å². The summed E-state index contributed by atoms with van der Waals surface area (Å²) in [7, 11) is 0. The standard InChI is InChI=1S/C24H24BrN3O3/c1-2-13-27(24(30)26-21-11-6-10-20(25)15-21)18-23(29)28(17-22-12-7-14-31-22)16-19-8-4-3-5-9-19/h2-12,14-15H,1,13,16-18H2,(H,26,30). The average molecular weight is 482 g/mol. The van der Waals surface area contributed by atoms with Gasteiger partial charge in [0.05, 0.1) is 12.8 Å². The van der Waals surface area contributed by atoms with Gasteiger partial charge in [0.1, 0.15) is 12.3 Å². The van der Waals surface area contributed by atoms with Crippen LogP contribution in [0.1, 0.15) is 11.3 Å². The summed E-state index contributed by atoms with van der Waals surface area (Å²) in [4.78, 5) is 29.1. The third-order valence-corrected chi connectivity index (χ3v) is 5.03. The van der Waals surface area contributed by atoms with E-state index in [0.29, 0.717) is 24.5 Å². The Morgan fingerprint density at radius 1 is 1.00 bits per heavy atom. The van der Waals surface area contributed by atoms with Crippen LogP contribution < -0.4 is 5.32 Å². The van der Waals surface area contributed by atoms with E-state index in [4.69, 9.17) is 4.42 Å². The number of hydrogen-bond acceptors (Lipinski definition) is 3. The molecule has 6 nitrogen and oxygen atoms in total. The Morgan fingerprint density at radius 2 is 1.81 bits per heavy atom. The maximum atomic E-state index is 13.2. The molecule has 0 fully saturated rings. The maximum absolute atomic E-state index is 13.2. The number of urea groups is 1. The Hall–Kier alpha value is -3.32. The van der Waals surface area contributed by atoms with Crippen LogP contribution in [0, 0.1) is 0 Å². The number of carbonyl (C=O) groups is 2. The van der Waals surface area contributed by atoms with Gasteiger partial charge in [-0.3, -0.25) is 4.79 Å². The van der Waals surface area contributed by atoms with Crippen LogP contribution in [-0.2, 0) is 17.9 Å². The summed E-state index contributed by atoms with van der Waals surface area (Å²) >= 11 is 3.39. The molecule has 0 atom stereocenters. The van der Waals surface area contributed by atoms with Crippen LogP contribution in [-0.4, -0.2) is 34.8 Å². The van der Waals surface area contributed by atoms with Crippen molar-refractivity contribution < 1.29 is 14.0 Å². The molecule has 1 N–H and O–H groups in total. The van der Waals surface area contributed by atoms with Gasteiger partial charge in [-0.2, -0.15) is 0 Å². The van der Waals surface area contributed by atoms with E-state index in [1.54, 1.807) is 35.4 Å². The van der Waals surface area contributed by atoms with Crippen LogP contribution in [0.15, 0.2) is 94.5 Å². The summed E-state index contributed by atoms with van der Waals surface area (Å²) in [5.74, 6) is 0.490. The van der Waals surface area contributed by atoms with Gasteiger partial charge < -0.3 is 19.5 Å². The minimum absolute atomic E-state index is 0.0839. The van der Waals surface area contributed by atoms with Crippen molar-refractivity contribution in [3.05, 3.63) is 101 Å². The number of nitrogens with one attached hydrogen (secondary N) is 1. The average Bonchev–Trinajstić information content (AvgIpc) is 3.27. The molecule has 160 valence electrons. The molecule has 3 rings (SSSR count). The summed E-state index contributed by atoms with van der Waals surface area (Å²) in [6, 6.07) is 20.2. The maximum Gasteiger partial charge on any atom is 0.322 e. The molecular weight excluding hydrogens is 458 g/mol. The third kappa shape index (κ3) is 6.86. The monoisotopic (exact) mass is 481 g/mol. The topological polar surface area (TPSA) is 65.8 Å². The highest BCUT2D eigenvalue weighted by Crippen LogP contribution is 2.17. The van der Waals surface area contributed by atoms with Gasteiger partial charge in [0.25, 0.3) is 0 Å². The first kappa shape index (κ1) is 22.4. The second kappa shape index (κ2) is 11.2. The van der Waals surface area contributed by atoms with E-state index in [0.717, 1.165) is 10.0 Å². The highest BCUT2D eigenvalue weighted by Gasteiger charge is 2.22. The van der Waals surface area contributed by atoms with Gasteiger partial charge in [0.15, 0.2) is 0 Å². The molecule has 0 radical (unpaired) electrons. The molecule has 3 amide bonds. The minimum atomic E-state index is -0.371. The van der Waals surface area contributed by atoms with Gasteiger partial charge >= 0.3 is 6.03 Å². The van der Waals surface area contributed by atoms with Gasteiger partial charge in [0.2, 0.25) is 5.91 Å². The van der Waals surface area contributed by atoms with Crippen molar-refractivity contribution in [1.29, 1.82) is 0 Å². The Morgan fingerprint density at radius 3 is 2.48 bits per heavy atom. The predicted octanol–water partition coefficient (Wildman–Crippen LogP) is 5.29. The highest BCUT2D eigenvalue weighted by molar-refractivity contribution is 9.10. The van der Waals surface area contributed by atoms with E-state index in [1.807, 2.05) is 48.5 Å². The lowest BCUT2D eigenvalue weighted by Gasteiger charge is -2.27. The first-order valence-electron chi connectivity index (χ1n) is 9.81. The van der Waals surface area contributed by atoms with Crippen molar-refractivity contribution in [3.63, 3.8) is 0 Å². The molecule has 0 aliphatic rings. The van der Waals surface area contributed by atoms with Gasteiger partial charge in [-0.25, -0.2) is 4.79 Å². The van der Waals surface area contributed by atoms with E-state index in [-0.39, 0.29) is 25.0 Å². The van der Waals surface area contributed by atoms with Gasteiger partial charge in [-0.15, -0.1) is 6.58 Å². The molecule has 0 unspecified atom stereocenters. The molecule has 0 spiro atoms. The second-order valence-corrected chi connectivity index (χ2v) is 7.84. The van der Waals surface area contributed by atoms with Crippen LogP contribution in [0.5, 0.6) is 0 Å². The number of benzene rings is 2. The zero-order chi connectivity index (χ0) is 22.1. The normalized spacial score (nSPS) is 10.4. The van der Waals surface area contributed by atoms with Crippen LogP contribution in [0.3, 0.4) is 0 Å². The Balaban J connectivity index is 1.72. The number of hydrogen-bond donors (Lipinski definition) is 1. The van der Waals surface area contributed by atoms with Crippen molar-refractivity contribution in [2.24, 2.45) is 0 Å². The smallest absolute Gasteiger partial charge is 0.322 e. The van der Waals surface area contributed by atoms with Crippen molar-refractivity contribution in [3.8, 4) is 0 Å². The number of halogens is 1. The van der Waals surface area contributed by atoms with Gasteiger partial charge in [-0.05, 0) is 35.9 Å². The lowest BCUT2D eigenvalue weighted by atomic mass is 10.2. The summed E-state index contributed by atoms with van der Waals surface area (Å²) in [6.07, 6.45) is 3.18. The van der Waals surface area contributed by atoms with E-state index in [9.17, 15) is 9.59 Å². The quantitative estimate of drug-likeness (QED) is 0.422. The van der Waals surface area contributed by atoms with Crippen LogP contribution in [0.2, 0.25) is 0 Å². The molecule has 0 bridgehead atoms. The molecule has 1 aromatic heterocycles. The molecule has 0 aliphatic heterocycles. The van der Waals surface area contributed by atoms with E-state index >= 15 is 0 Å². The molecule has 31 heavy (non-hydrogen) atoms. The highest BCUT2D eigenvalue weighted by atomic mass is 79.9. The number of amides is 3. The first-order chi connectivity index (χ1) is 15.0. The minimum Gasteiger partial charge on any atom is -0.467 e. The number of furan rings is 1. The van der Waals surface area contributed by atoms with Crippen molar-refractivity contribution in [2.45, 2.75) is 13.1 Å². The molecule has 0 saturated carbocycles. The Bertz CT molecular complexity index is 1010. The van der Waals surface area contributed by atoms with E-state index in [2.05, 4.69) is 27.8 Å². The fourth-order valence-electron chi connectivity index (χ4n) is 3.03. The zero-order valence-electron chi connectivity index (χ0n) is 17.0. The molecule has 0 saturated heterocycles. The summed E-state index contributed by atoms with van der Waals surface area (Å²) in [5, 5.41) is 2.83. The lowest BCUT2D eigenvalue weighted by Crippen LogP contribution is -2.44. The fraction of sp³-hybridized carbons (Fsp3) is 0.167. The van der Waals surface area contributed by atoms with Gasteiger partial charge in [-0.1, -0.05) is 58.4 Å². The van der Waals surface area contributed by atoms with E-state index in [1.165, 1.54) is 4.90 Å². The Labute approximate surface area is 190 Å². The predicted molar refractivity (Wildman–Crippen MR) is 124 cm³/mol. The first-order valence-corrected chi connectivity index (χ1v) is 10.6. The van der Waals surface area contributed by atoms with Gasteiger partial charge in [0, 0.05) is 23.2 Å². The SMILES string of the molecule is C=CCN(CC(=O)N(Cc1ccccc1)Cc1ccco1)C(=O)Nc1cccc(Br)c1. The second-order valence-electron chi connectivity index (χ2n) is 6.92.